The molecule has 11 rings (SSSR count). The molecule has 55 heavy (non-hydrogen) atoms. The van der Waals surface area contributed by atoms with Gasteiger partial charge in [-0.05, 0) is 46.0 Å². The summed E-state index contributed by atoms with van der Waals surface area (Å²) in [6, 6.07) is 48.1. The number of rotatable bonds is 5. The van der Waals surface area contributed by atoms with Crippen molar-refractivity contribution in [1.82, 2.24) is 19.9 Å². The molecule has 3 aromatic heterocycles. The van der Waals surface area contributed by atoms with Gasteiger partial charge in [0.1, 0.15) is 11.2 Å². The molecular weight excluding hydrogens is 693 g/mol. The molecule has 7 aromatic carbocycles. The molecule has 0 spiro atoms. The van der Waals surface area contributed by atoms with Crippen molar-refractivity contribution in [2.45, 2.75) is 19.1 Å². The van der Waals surface area contributed by atoms with Gasteiger partial charge in [0.15, 0.2) is 17.5 Å². The van der Waals surface area contributed by atoms with Crippen LogP contribution in [0.3, 0.4) is 0 Å². The van der Waals surface area contributed by atoms with Crippen molar-refractivity contribution < 1.29 is 14.0 Å². The van der Waals surface area contributed by atoms with Gasteiger partial charge < -0.3 is 4.42 Å². The molecule has 6 heteroatoms. The third-order valence-electron chi connectivity index (χ3n) is 10.5. The first-order valence-electron chi connectivity index (χ1n) is 21.4. The molecule has 260 valence electrons. The fraction of sp³-hybridized carbons (Fsp3) is 0.0612. The van der Waals surface area contributed by atoms with Crippen molar-refractivity contribution in [2.24, 2.45) is 0 Å². The van der Waals surface area contributed by atoms with Crippen LogP contribution in [0.4, 0.5) is 0 Å². The van der Waals surface area contributed by atoms with E-state index in [-0.39, 0.29) is 16.6 Å². The van der Waals surface area contributed by atoms with Crippen LogP contribution in [-0.2, 0) is 5.41 Å². The average Bonchev–Trinajstić information content (AvgIpc) is 3.96. The Morgan fingerprint density at radius 3 is 1.76 bits per heavy atom. The molecule has 0 amide bonds. The third-order valence-corrected chi connectivity index (χ3v) is 11.3. The highest BCUT2D eigenvalue weighted by molar-refractivity contribution is 7.17. The lowest BCUT2D eigenvalue weighted by Gasteiger charge is -2.22. The van der Waals surface area contributed by atoms with Crippen molar-refractivity contribution in [3.8, 4) is 67.5 Å². The van der Waals surface area contributed by atoms with Crippen LogP contribution in [0.15, 0.2) is 162 Å². The van der Waals surface area contributed by atoms with E-state index in [4.69, 9.17) is 29.0 Å². The molecule has 0 saturated heterocycles. The Morgan fingerprint density at radius 2 is 1.11 bits per heavy atom. The largest absolute Gasteiger partial charge is 0.455 e. The smallest absolute Gasteiger partial charge is 0.164 e. The van der Waals surface area contributed by atoms with Crippen molar-refractivity contribution in [2.75, 3.05) is 0 Å². The van der Waals surface area contributed by atoms with Gasteiger partial charge in [0.2, 0.25) is 0 Å². The van der Waals surface area contributed by atoms with Crippen LogP contribution in [0, 0.1) is 0 Å². The molecule has 0 radical (unpaired) electrons. The minimum Gasteiger partial charge on any atom is -0.455 e. The van der Waals surface area contributed by atoms with Gasteiger partial charge in [-0.15, -0.1) is 11.3 Å². The second kappa shape index (κ2) is 12.1. The van der Waals surface area contributed by atoms with Crippen molar-refractivity contribution >= 4 is 43.5 Å². The predicted molar refractivity (Wildman–Crippen MR) is 225 cm³/mol. The molecule has 1 aliphatic rings. The monoisotopic (exact) mass is 731 g/mol. The fourth-order valence-electron chi connectivity index (χ4n) is 7.88. The van der Waals surface area contributed by atoms with Crippen LogP contribution in [0.2, 0.25) is 0 Å². The van der Waals surface area contributed by atoms with Crippen LogP contribution in [0.1, 0.15) is 34.4 Å². The SMILES string of the molecule is [2H]c1nc2ccc3c(c2s1)-c1ccc(-c2cccc4c2oc2c(-c5cccc(-c6nc(-c7ccccc7)nc(-c7ccccc7)n6)c5)cccc24)cc1C3(C([2H])([2H])[2H])C([2H])([2H])[2H]. The lowest BCUT2D eigenvalue weighted by Crippen LogP contribution is -2.14. The highest BCUT2D eigenvalue weighted by Gasteiger charge is 2.37. The maximum absolute atomic E-state index is 8.86. The number of fused-ring (bicyclic) bond motifs is 8. The predicted octanol–water partition coefficient (Wildman–Crippen LogP) is 13.0. The molecule has 0 unspecified atom stereocenters. The van der Waals surface area contributed by atoms with E-state index < -0.39 is 19.1 Å². The summed E-state index contributed by atoms with van der Waals surface area (Å²) >= 11 is 1.11. The summed E-state index contributed by atoms with van der Waals surface area (Å²) in [7, 11) is 0. The van der Waals surface area contributed by atoms with Crippen LogP contribution in [0.5, 0.6) is 0 Å². The number of nitrogens with zero attached hydrogens (tertiary/aromatic N) is 4. The molecule has 0 saturated carbocycles. The number of hydrogen-bond donors (Lipinski definition) is 0. The summed E-state index contributed by atoms with van der Waals surface area (Å²) in [6.07, 6.45) is 0. The first-order chi connectivity index (χ1) is 29.9. The normalized spacial score (nSPS) is 15.4. The lowest BCUT2D eigenvalue weighted by atomic mass is 9.81. The van der Waals surface area contributed by atoms with E-state index in [0.29, 0.717) is 61.1 Å². The molecule has 0 N–H and O–H groups in total. The Hall–Kier alpha value is -6.76. The van der Waals surface area contributed by atoms with Gasteiger partial charge in [0.05, 0.1) is 17.1 Å². The zero-order valence-corrected chi connectivity index (χ0v) is 29.9. The molecule has 0 fully saturated rings. The van der Waals surface area contributed by atoms with Crippen molar-refractivity contribution in [3.63, 3.8) is 0 Å². The Bertz CT molecular complexity index is 3340. The zero-order valence-electron chi connectivity index (χ0n) is 36.0. The van der Waals surface area contributed by atoms with Gasteiger partial charge in [0.25, 0.3) is 0 Å². The maximum Gasteiger partial charge on any atom is 0.164 e. The molecule has 3 heterocycles. The second-order valence-electron chi connectivity index (χ2n) is 13.7. The number of thiazole rings is 1. The van der Waals surface area contributed by atoms with Crippen molar-refractivity contribution in [3.05, 3.63) is 168 Å². The quantitative estimate of drug-likeness (QED) is 0.176. The minimum absolute atomic E-state index is 0.0644. The first kappa shape index (κ1) is 25.3. The van der Waals surface area contributed by atoms with E-state index >= 15 is 0 Å². The summed E-state index contributed by atoms with van der Waals surface area (Å²) in [5.74, 6) is 1.66. The summed E-state index contributed by atoms with van der Waals surface area (Å²) in [4.78, 5) is 19.1. The van der Waals surface area contributed by atoms with E-state index in [1.807, 2.05) is 127 Å². The van der Waals surface area contributed by atoms with E-state index in [1.54, 1.807) is 24.3 Å². The maximum atomic E-state index is 8.86. The zero-order chi connectivity index (χ0) is 42.5. The summed E-state index contributed by atoms with van der Waals surface area (Å²) in [5, 5.41) is 1.73. The van der Waals surface area contributed by atoms with E-state index in [1.165, 1.54) is 0 Å². The highest BCUT2D eigenvalue weighted by atomic mass is 32.1. The molecular formula is C49H32N4OS. The fourth-order valence-corrected chi connectivity index (χ4v) is 8.66. The Labute approximate surface area is 331 Å². The summed E-state index contributed by atoms with van der Waals surface area (Å²) in [5.41, 5.74) is 6.48. The van der Waals surface area contributed by atoms with Gasteiger partial charge in [0, 0.05) is 57.8 Å². The molecule has 0 bridgehead atoms. The van der Waals surface area contributed by atoms with Gasteiger partial charge in [-0.1, -0.05) is 147 Å². The lowest BCUT2D eigenvalue weighted by molar-refractivity contribution is 0.660. The van der Waals surface area contributed by atoms with Crippen LogP contribution in [-0.4, -0.2) is 19.9 Å². The molecule has 5 nitrogen and oxygen atoms in total. The summed E-state index contributed by atoms with van der Waals surface area (Å²) < 4.78 is 68.8. The Kier molecular flexibility index (Phi) is 5.58. The minimum atomic E-state index is -2.96. The number of aromatic nitrogens is 4. The average molecular weight is 732 g/mol. The number of para-hydroxylation sites is 2. The molecule has 0 atom stereocenters. The van der Waals surface area contributed by atoms with Crippen LogP contribution >= 0.6 is 11.3 Å². The van der Waals surface area contributed by atoms with Gasteiger partial charge in [-0.3, -0.25) is 0 Å². The van der Waals surface area contributed by atoms with E-state index in [0.717, 1.165) is 49.9 Å². The van der Waals surface area contributed by atoms with Gasteiger partial charge in [-0.25, -0.2) is 19.9 Å². The van der Waals surface area contributed by atoms with Crippen LogP contribution in [0.25, 0.3) is 99.7 Å². The number of furan rings is 1. The molecule has 10 aromatic rings. The first-order valence-corrected chi connectivity index (χ1v) is 18.7. The molecule has 1 aliphatic carbocycles. The third kappa shape index (κ3) is 4.99. The van der Waals surface area contributed by atoms with E-state index in [2.05, 4.69) is 4.98 Å². The Morgan fingerprint density at radius 1 is 0.527 bits per heavy atom. The van der Waals surface area contributed by atoms with Crippen molar-refractivity contribution in [1.29, 1.82) is 0 Å². The highest BCUT2D eigenvalue weighted by Crippen LogP contribution is 2.53. The standard InChI is InChI=1S/C49H32N4OS/c1-49(2)39-24-25-41-45(55-28-50-41)42(39)38-23-22-32(27-40(38)49)35-19-11-21-37-36-20-10-18-34(43(36)54-44(35)37)31-16-9-17-33(26-31)48-52-46(29-12-5-3-6-13-29)51-47(53-48)30-14-7-4-8-15-30/h3-28H,1-2H3/i1D3,2D3,28D. The number of benzene rings is 7. The van der Waals surface area contributed by atoms with Crippen LogP contribution < -0.4 is 0 Å². The van der Waals surface area contributed by atoms with E-state index in [9.17, 15) is 0 Å². The topological polar surface area (TPSA) is 64.7 Å². The van der Waals surface area contributed by atoms with Gasteiger partial charge in [-0.2, -0.15) is 0 Å². The Balaban J connectivity index is 1.06. The molecule has 0 aliphatic heterocycles. The number of hydrogen-bond acceptors (Lipinski definition) is 6. The second-order valence-corrected chi connectivity index (χ2v) is 14.5. The summed E-state index contributed by atoms with van der Waals surface area (Å²) in [6.45, 7) is -5.91. The van der Waals surface area contributed by atoms with Gasteiger partial charge >= 0.3 is 0 Å².